The second-order valence-corrected chi connectivity index (χ2v) is 6.84. The monoisotopic (exact) mass is 362 g/mol. The van der Waals surface area contributed by atoms with Gasteiger partial charge >= 0.3 is 0 Å². The number of amides is 1. The van der Waals surface area contributed by atoms with E-state index in [4.69, 9.17) is 0 Å². The molecule has 0 aromatic carbocycles. The molecule has 1 aliphatic heterocycles. The van der Waals surface area contributed by atoms with Crippen LogP contribution in [-0.4, -0.2) is 51.6 Å². The Hall–Kier alpha value is -3.49. The van der Waals surface area contributed by atoms with Crippen molar-refractivity contribution in [2.45, 2.75) is 12.5 Å². The van der Waals surface area contributed by atoms with Gasteiger partial charge in [0.25, 0.3) is 5.91 Å². The Morgan fingerprint density at radius 1 is 1.26 bits per heavy atom. The number of nitrogens with zero attached hydrogens (tertiary/aromatic N) is 7. The third kappa shape index (κ3) is 2.42. The maximum absolute atomic E-state index is 13.3. The standard InChI is InChI=1S/C18H18N8O/c1-24-10-22-16-12(3-4-19-17(16)24)18(27)26-7-13(11-5-23-25(2)6-11)15-14(8-26)20-9-21-15/h3-6,9-10,13H,7-8H2,1-2H3,(H,20,21). The summed E-state index contributed by atoms with van der Waals surface area (Å²) in [6.07, 6.45) is 8.82. The largest absolute Gasteiger partial charge is 0.347 e. The molecule has 1 unspecified atom stereocenters. The molecule has 0 aliphatic carbocycles. The third-order valence-electron chi connectivity index (χ3n) is 5.08. The van der Waals surface area contributed by atoms with Gasteiger partial charge in [-0.1, -0.05) is 0 Å². The van der Waals surface area contributed by atoms with Crippen LogP contribution in [0.15, 0.2) is 37.3 Å². The summed E-state index contributed by atoms with van der Waals surface area (Å²) >= 11 is 0. The second-order valence-electron chi connectivity index (χ2n) is 6.84. The predicted molar refractivity (Wildman–Crippen MR) is 96.9 cm³/mol. The Morgan fingerprint density at radius 2 is 2.15 bits per heavy atom. The summed E-state index contributed by atoms with van der Waals surface area (Å²) in [6, 6.07) is 1.74. The Balaban J connectivity index is 1.54. The number of carbonyl (C=O) groups is 1. The summed E-state index contributed by atoms with van der Waals surface area (Å²) in [5, 5.41) is 4.28. The van der Waals surface area contributed by atoms with E-state index >= 15 is 0 Å². The van der Waals surface area contributed by atoms with Crippen molar-refractivity contribution in [3.8, 4) is 0 Å². The number of aromatic amines is 1. The number of pyridine rings is 1. The van der Waals surface area contributed by atoms with Crippen LogP contribution in [0.3, 0.4) is 0 Å². The highest BCUT2D eigenvalue weighted by Crippen LogP contribution is 2.32. The van der Waals surface area contributed by atoms with E-state index in [1.54, 1.807) is 29.6 Å². The number of aromatic nitrogens is 7. The van der Waals surface area contributed by atoms with Crippen LogP contribution in [0.25, 0.3) is 11.2 Å². The molecule has 4 aromatic heterocycles. The molecule has 0 fully saturated rings. The Labute approximate surface area is 154 Å². The Kier molecular flexibility index (Phi) is 3.36. The number of H-pyrrole nitrogens is 1. The van der Waals surface area contributed by atoms with Gasteiger partial charge in [-0.05, 0) is 6.07 Å². The zero-order valence-corrected chi connectivity index (χ0v) is 15.0. The van der Waals surface area contributed by atoms with E-state index in [-0.39, 0.29) is 11.8 Å². The SMILES string of the molecule is Cn1cc(C2CN(C(=O)c3ccnc4c3ncn4C)Cc3[nH]cnc32)cn1. The fourth-order valence-corrected chi connectivity index (χ4v) is 3.73. The van der Waals surface area contributed by atoms with E-state index in [0.29, 0.717) is 29.8 Å². The van der Waals surface area contributed by atoms with E-state index in [0.717, 1.165) is 17.0 Å². The van der Waals surface area contributed by atoms with Crippen molar-refractivity contribution in [2.75, 3.05) is 6.54 Å². The van der Waals surface area contributed by atoms with E-state index < -0.39 is 0 Å². The molecule has 5 rings (SSSR count). The number of imidazole rings is 2. The molecule has 9 nitrogen and oxygen atoms in total. The number of aryl methyl sites for hydroxylation is 2. The van der Waals surface area contributed by atoms with Crippen LogP contribution in [-0.2, 0) is 20.6 Å². The summed E-state index contributed by atoms with van der Waals surface area (Å²) < 4.78 is 3.58. The number of rotatable bonds is 2. The van der Waals surface area contributed by atoms with Crippen LogP contribution in [0.4, 0.5) is 0 Å². The van der Waals surface area contributed by atoms with Crippen molar-refractivity contribution in [3.63, 3.8) is 0 Å². The summed E-state index contributed by atoms with van der Waals surface area (Å²) in [4.78, 5) is 31.5. The molecule has 1 N–H and O–H groups in total. The minimum Gasteiger partial charge on any atom is -0.347 e. The zero-order valence-electron chi connectivity index (χ0n) is 15.0. The molecular weight excluding hydrogens is 344 g/mol. The summed E-state index contributed by atoms with van der Waals surface area (Å²) in [7, 11) is 3.75. The molecule has 0 saturated heterocycles. The average molecular weight is 362 g/mol. The molecule has 0 bridgehead atoms. The van der Waals surface area contributed by atoms with Gasteiger partial charge in [-0.25, -0.2) is 15.0 Å². The van der Waals surface area contributed by atoms with Gasteiger partial charge in [0.05, 0.1) is 42.3 Å². The predicted octanol–water partition coefficient (Wildman–Crippen LogP) is 1.21. The molecule has 5 heterocycles. The minimum absolute atomic E-state index is 0.0151. The van der Waals surface area contributed by atoms with Crippen molar-refractivity contribution >= 4 is 17.1 Å². The van der Waals surface area contributed by atoms with Gasteiger partial charge in [0, 0.05) is 44.5 Å². The molecule has 4 aromatic rings. The number of nitrogens with one attached hydrogen (secondary N) is 1. The van der Waals surface area contributed by atoms with Crippen LogP contribution in [0, 0.1) is 0 Å². The van der Waals surface area contributed by atoms with Crippen LogP contribution < -0.4 is 0 Å². The maximum Gasteiger partial charge on any atom is 0.256 e. The van der Waals surface area contributed by atoms with Gasteiger partial charge in [0.15, 0.2) is 5.65 Å². The normalized spacial score (nSPS) is 16.7. The average Bonchev–Trinajstić information content (AvgIpc) is 3.40. The number of fused-ring (bicyclic) bond motifs is 2. The number of hydrogen-bond acceptors (Lipinski definition) is 5. The van der Waals surface area contributed by atoms with Gasteiger partial charge in [-0.15, -0.1) is 0 Å². The van der Waals surface area contributed by atoms with Crippen molar-refractivity contribution in [1.82, 2.24) is 39.2 Å². The van der Waals surface area contributed by atoms with Crippen LogP contribution in [0.5, 0.6) is 0 Å². The lowest BCUT2D eigenvalue weighted by Gasteiger charge is -2.31. The maximum atomic E-state index is 13.3. The topological polar surface area (TPSA) is 97.5 Å². The van der Waals surface area contributed by atoms with Crippen molar-refractivity contribution in [3.05, 3.63) is 59.8 Å². The smallest absolute Gasteiger partial charge is 0.256 e. The van der Waals surface area contributed by atoms with Gasteiger partial charge in [-0.3, -0.25) is 9.48 Å². The van der Waals surface area contributed by atoms with Crippen molar-refractivity contribution in [1.29, 1.82) is 0 Å². The number of hydrogen-bond donors (Lipinski definition) is 1. The number of carbonyl (C=O) groups excluding carboxylic acids is 1. The minimum atomic E-state index is -0.0600. The van der Waals surface area contributed by atoms with Crippen LogP contribution >= 0.6 is 0 Å². The van der Waals surface area contributed by atoms with E-state index in [1.807, 2.05) is 36.0 Å². The highest BCUT2D eigenvalue weighted by molar-refractivity contribution is 6.04. The van der Waals surface area contributed by atoms with Crippen LogP contribution in [0.2, 0.25) is 0 Å². The van der Waals surface area contributed by atoms with Gasteiger partial charge in [-0.2, -0.15) is 5.10 Å². The fraction of sp³-hybridized carbons (Fsp3) is 0.278. The third-order valence-corrected chi connectivity index (χ3v) is 5.08. The lowest BCUT2D eigenvalue weighted by atomic mass is 9.92. The van der Waals surface area contributed by atoms with E-state index in [2.05, 4.69) is 25.0 Å². The first-order valence-corrected chi connectivity index (χ1v) is 8.68. The first kappa shape index (κ1) is 15.7. The summed E-state index contributed by atoms with van der Waals surface area (Å²) in [5.41, 5.74) is 4.86. The summed E-state index contributed by atoms with van der Waals surface area (Å²) in [6.45, 7) is 1.03. The van der Waals surface area contributed by atoms with Crippen LogP contribution in [0.1, 0.15) is 33.2 Å². The van der Waals surface area contributed by atoms with E-state index in [1.165, 1.54) is 0 Å². The second kappa shape index (κ2) is 5.76. The van der Waals surface area contributed by atoms with Crippen molar-refractivity contribution < 1.29 is 4.79 Å². The van der Waals surface area contributed by atoms with Gasteiger partial charge in [0.2, 0.25) is 0 Å². The molecule has 27 heavy (non-hydrogen) atoms. The first-order chi connectivity index (χ1) is 13.1. The molecule has 1 aliphatic rings. The molecule has 136 valence electrons. The fourth-order valence-electron chi connectivity index (χ4n) is 3.73. The molecular formula is C18H18N8O. The lowest BCUT2D eigenvalue weighted by Crippen LogP contribution is -2.38. The lowest BCUT2D eigenvalue weighted by molar-refractivity contribution is 0.0723. The summed E-state index contributed by atoms with van der Waals surface area (Å²) in [5.74, 6) is -0.0750. The molecule has 0 radical (unpaired) electrons. The van der Waals surface area contributed by atoms with Gasteiger partial charge < -0.3 is 14.5 Å². The first-order valence-electron chi connectivity index (χ1n) is 8.68. The molecule has 0 spiro atoms. The highest BCUT2D eigenvalue weighted by Gasteiger charge is 2.33. The molecule has 1 atom stereocenters. The molecule has 0 saturated carbocycles. The Morgan fingerprint density at radius 3 is 2.96 bits per heavy atom. The highest BCUT2D eigenvalue weighted by atomic mass is 16.2. The van der Waals surface area contributed by atoms with E-state index in [9.17, 15) is 4.79 Å². The quantitative estimate of drug-likeness (QED) is 0.578. The zero-order chi connectivity index (χ0) is 18.5. The molecule has 9 heteroatoms. The Bertz CT molecular complexity index is 1150. The van der Waals surface area contributed by atoms with Crippen molar-refractivity contribution in [2.24, 2.45) is 14.1 Å². The van der Waals surface area contributed by atoms with Gasteiger partial charge in [0.1, 0.15) is 5.52 Å². The molecule has 1 amide bonds.